The van der Waals surface area contributed by atoms with Crippen molar-refractivity contribution in [3.63, 3.8) is 0 Å². The standard InChI is InChI=1S/C11H15NO/c1-8-6-7-13-11(8)10(12)9-4-2-3-5-9/h4,6-7,10H,2-3,5,12H2,1H3. The highest BCUT2D eigenvalue weighted by atomic mass is 16.3. The van der Waals surface area contributed by atoms with Gasteiger partial charge in [0.15, 0.2) is 0 Å². The summed E-state index contributed by atoms with van der Waals surface area (Å²) < 4.78 is 5.37. The first-order valence-corrected chi connectivity index (χ1v) is 4.77. The number of allylic oxidation sites excluding steroid dienone is 1. The Bertz CT molecular complexity index is 325. The van der Waals surface area contributed by atoms with Crippen LogP contribution in [0.15, 0.2) is 28.4 Å². The van der Waals surface area contributed by atoms with Gasteiger partial charge >= 0.3 is 0 Å². The molecule has 2 nitrogen and oxygen atoms in total. The smallest absolute Gasteiger partial charge is 0.127 e. The third-order valence-corrected chi connectivity index (χ3v) is 2.66. The average Bonchev–Trinajstić information content (AvgIpc) is 2.72. The molecule has 2 N–H and O–H groups in total. The minimum atomic E-state index is -0.0162. The van der Waals surface area contributed by atoms with Crippen LogP contribution < -0.4 is 5.73 Å². The van der Waals surface area contributed by atoms with Gasteiger partial charge in [-0.05, 0) is 43.4 Å². The molecule has 0 aromatic carbocycles. The molecule has 0 radical (unpaired) electrons. The predicted molar refractivity (Wildman–Crippen MR) is 52.3 cm³/mol. The lowest BCUT2D eigenvalue weighted by Gasteiger charge is -2.10. The fraction of sp³-hybridized carbons (Fsp3) is 0.455. The van der Waals surface area contributed by atoms with Gasteiger partial charge in [0.25, 0.3) is 0 Å². The Kier molecular flexibility index (Phi) is 2.23. The molecule has 0 bridgehead atoms. The second kappa shape index (κ2) is 3.38. The van der Waals surface area contributed by atoms with E-state index in [1.807, 2.05) is 13.0 Å². The Morgan fingerprint density at radius 3 is 2.92 bits per heavy atom. The highest BCUT2D eigenvalue weighted by molar-refractivity contribution is 5.27. The normalized spacial score (nSPS) is 18.8. The van der Waals surface area contributed by atoms with Gasteiger partial charge in [-0.2, -0.15) is 0 Å². The monoisotopic (exact) mass is 177 g/mol. The summed E-state index contributed by atoms with van der Waals surface area (Å²) in [6.07, 6.45) is 7.49. The molecule has 0 saturated heterocycles. The molecule has 1 atom stereocenters. The number of hydrogen-bond donors (Lipinski definition) is 1. The Morgan fingerprint density at radius 1 is 1.54 bits per heavy atom. The molecule has 0 aliphatic heterocycles. The molecule has 1 aromatic rings. The Labute approximate surface area is 78.4 Å². The van der Waals surface area contributed by atoms with E-state index in [1.54, 1.807) is 6.26 Å². The highest BCUT2D eigenvalue weighted by Gasteiger charge is 2.18. The summed E-state index contributed by atoms with van der Waals surface area (Å²) in [7, 11) is 0. The maximum Gasteiger partial charge on any atom is 0.127 e. The number of rotatable bonds is 2. The van der Waals surface area contributed by atoms with Gasteiger partial charge in [0, 0.05) is 0 Å². The topological polar surface area (TPSA) is 39.2 Å². The Morgan fingerprint density at radius 2 is 2.38 bits per heavy atom. The molecule has 2 rings (SSSR count). The van der Waals surface area contributed by atoms with Gasteiger partial charge in [0.2, 0.25) is 0 Å². The van der Waals surface area contributed by atoms with E-state index in [4.69, 9.17) is 10.2 Å². The zero-order valence-corrected chi connectivity index (χ0v) is 7.92. The van der Waals surface area contributed by atoms with Gasteiger partial charge in [0.1, 0.15) is 5.76 Å². The third-order valence-electron chi connectivity index (χ3n) is 2.66. The molecular formula is C11H15NO. The van der Waals surface area contributed by atoms with E-state index in [2.05, 4.69) is 6.08 Å². The van der Waals surface area contributed by atoms with Gasteiger partial charge in [0.05, 0.1) is 12.3 Å². The summed E-state index contributed by atoms with van der Waals surface area (Å²) in [5.74, 6) is 0.924. The van der Waals surface area contributed by atoms with E-state index in [0.717, 1.165) is 17.7 Å². The van der Waals surface area contributed by atoms with E-state index in [9.17, 15) is 0 Å². The zero-order chi connectivity index (χ0) is 9.26. The van der Waals surface area contributed by atoms with E-state index < -0.39 is 0 Å². The molecule has 1 aromatic heterocycles. The van der Waals surface area contributed by atoms with Crippen LogP contribution in [-0.2, 0) is 0 Å². The highest BCUT2D eigenvalue weighted by Crippen LogP contribution is 2.30. The van der Waals surface area contributed by atoms with E-state index in [-0.39, 0.29) is 6.04 Å². The van der Waals surface area contributed by atoms with Crippen molar-refractivity contribution < 1.29 is 4.42 Å². The molecule has 1 unspecified atom stereocenters. The molecule has 70 valence electrons. The molecule has 2 heteroatoms. The molecule has 13 heavy (non-hydrogen) atoms. The first-order valence-electron chi connectivity index (χ1n) is 4.77. The molecular weight excluding hydrogens is 162 g/mol. The Balaban J connectivity index is 2.21. The fourth-order valence-electron chi connectivity index (χ4n) is 1.85. The van der Waals surface area contributed by atoms with Gasteiger partial charge < -0.3 is 10.2 Å². The molecule has 0 spiro atoms. The molecule has 1 aliphatic rings. The average molecular weight is 177 g/mol. The summed E-state index contributed by atoms with van der Waals surface area (Å²) in [4.78, 5) is 0. The number of furan rings is 1. The second-order valence-electron chi connectivity index (χ2n) is 3.62. The molecule has 0 saturated carbocycles. The van der Waals surface area contributed by atoms with E-state index in [1.165, 1.54) is 18.4 Å². The van der Waals surface area contributed by atoms with E-state index in [0.29, 0.717) is 0 Å². The van der Waals surface area contributed by atoms with Crippen LogP contribution >= 0.6 is 0 Å². The van der Waals surface area contributed by atoms with Gasteiger partial charge in [-0.25, -0.2) is 0 Å². The van der Waals surface area contributed by atoms with Crippen molar-refractivity contribution in [3.8, 4) is 0 Å². The van der Waals surface area contributed by atoms with Gasteiger partial charge in [-0.3, -0.25) is 0 Å². The summed E-state index contributed by atoms with van der Waals surface area (Å²) in [5.41, 5.74) is 8.57. The summed E-state index contributed by atoms with van der Waals surface area (Å²) in [5, 5.41) is 0. The molecule has 1 aliphatic carbocycles. The fourth-order valence-corrected chi connectivity index (χ4v) is 1.85. The van der Waals surface area contributed by atoms with Crippen LogP contribution in [0.25, 0.3) is 0 Å². The summed E-state index contributed by atoms with van der Waals surface area (Å²) in [6, 6.07) is 1.95. The number of hydrogen-bond acceptors (Lipinski definition) is 2. The number of nitrogens with two attached hydrogens (primary N) is 1. The lowest BCUT2D eigenvalue weighted by molar-refractivity contribution is 0.481. The first kappa shape index (κ1) is 8.57. The maximum absolute atomic E-state index is 6.08. The summed E-state index contributed by atoms with van der Waals surface area (Å²) >= 11 is 0. The minimum absolute atomic E-state index is 0.0162. The first-order chi connectivity index (χ1) is 6.29. The SMILES string of the molecule is Cc1ccoc1C(N)C1=CCCC1. The second-order valence-corrected chi connectivity index (χ2v) is 3.62. The lowest BCUT2D eigenvalue weighted by Crippen LogP contribution is -2.12. The van der Waals surface area contributed by atoms with Crippen molar-refractivity contribution in [1.29, 1.82) is 0 Å². The van der Waals surface area contributed by atoms with Gasteiger partial charge in [-0.1, -0.05) is 6.08 Å². The van der Waals surface area contributed by atoms with Crippen molar-refractivity contribution in [2.24, 2.45) is 5.73 Å². The van der Waals surface area contributed by atoms with Crippen molar-refractivity contribution in [2.75, 3.05) is 0 Å². The summed E-state index contributed by atoms with van der Waals surface area (Å²) in [6.45, 7) is 2.04. The van der Waals surface area contributed by atoms with Crippen molar-refractivity contribution in [3.05, 3.63) is 35.3 Å². The zero-order valence-electron chi connectivity index (χ0n) is 7.92. The van der Waals surface area contributed by atoms with Crippen LogP contribution in [0, 0.1) is 6.92 Å². The van der Waals surface area contributed by atoms with Crippen LogP contribution in [0.4, 0.5) is 0 Å². The van der Waals surface area contributed by atoms with Crippen molar-refractivity contribution >= 4 is 0 Å². The van der Waals surface area contributed by atoms with Crippen LogP contribution in [0.2, 0.25) is 0 Å². The van der Waals surface area contributed by atoms with Crippen molar-refractivity contribution in [2.45, 2.75) is 32.2 Å². The van der Waals surface area contributed by atoms with Crippen LogP contribution in [0.1, 0.15) is 36.6 Å². The largest absolute Gasteiger partial charge is 0.467 e. The lowest BCUT2D eigenvalue weighted by atomic mass is 10.0. The third kappa shape index (κ3) is 1.54. The molecule has 0 amide bonds. The molecule has 0 fully saturated rings. The van der Waals surface area contributed by atoms with E-state index >= 15 is 0 Å². The Hall–Kier alpha value is -1.02. The van der Waals surface area contributed by atoms with Crippen LogP contribution in [-0.4, -0.2) is 0 Å². The van der Waals surface area contributed by atoms with Crippen molar-refractivity contribution in [1.82, 2.24) is 0 Å². The number of aryl methyl sites for hydroxylation is 1. The molecule has 1 heterocycles. The van der Waals surface area contributed by atoms with Crippen LogP contribution in [0.5, 0.6) is 0 Å². The van der Waals surface area contributed by atoms with Crippen LogP contribution in [0.3, 0.4) is 0 Å². The quantitative estimate of drug-likeness (QED) is 0.705. The maximum atomic E-state index is 6.08. The predicted octanol–water partition coefficient (Wildman–Crippen LogP) is 2.70. The minimum Gasteiger partial charge on any atom is -0.467 e. The van der Waals surface area contributed by atoms with Gasteiger partial charge in [-0.15, -0.1) is 0 Å².